The van der Waals surface area contributed by atoms with Crippen molar-refractivity contribution in [3.05, 3.63) is 0 Å². The fraction of sp³-hybridized carbons (Fsp3) is 0.857. The highest BCUT2D eigenvalue weighted by atomic mass is 16.5. The molecular formula is C7H13NO2. The normalized spacial score (nSPS) is 31.0. The quantitative estimate of drug-likeness (QED) is 0.565. The number of ether oxygens (including phenoxy) is 1. The fourth-order valence-corrected chi connectivity index (χ4v) is 1.15. The Kier molecular flexibility index (Phi) is 2.27. The molecule has 10 heavy (non-hydrogen) atoms. The molecule has 1 fully saturated rings. The molecule has 0 heterocycles. The molecule has 1 aliphatic rings. The second kappa shape index (κ2) is 3.01. The van der Waals surface area contributed by atoms with Crippen LogP contribution in [0.3, 0.4) is 0 Å². The molecule has 0 unspecified atom stereocenters. The van der Waals surface area contributed by atoms with Crippen molar-refractivity contribution in [3.8, 4) is 0 Å². The minimum atomic E-state index is -0.139. The van der Waals surface area contributed by atoms with Crippen LogP contribution in [0.25, 0.3) is 0 Å². The van der Waals surface area contributed by atoms with Crippen LogP contribution in [-0.2, 0) is 9.53 Å². The van der Waals surface area contributed by atoms with Crippen LogP contribution < -0.4 is 5.73 Å². The number of hydrogen-bond acceptors (Lipinski definition) is 3. The lowest BCUT2D eigenvalue weighted by Crippen LogP contribution is -2.40. The molecule has 0 aromatic rings. The molecule has 0 aromatic carbocycles. The average Bonchev–Trinajstić information content (AvgIpc) is 1.96. The Morgan fingerprint density at radius 3 is 2.70 bits per heavy atom. The zero-order valence-electron chi connectivity index (χ0n) is 6.17. The lowest BCUT2D eigenvalue weighted by molar-refractivity contribution is -0.142. The smallest absolute Gasteiger partial charge is 0.305 e. The predicted octanol–water partition coefficient (Wildman–Crippen LogP) is 0.287. The van der Waals surface area contributed by atoms with Gasteiger partial charge >= 0.3 is 5.97 Å². The van der Waals surface area contributed by atoms with E-state index in [0.29, 0.717) is 12.3 Å². The predicted molar refractivity (Wildman–Crippen MR) is 37.3 cm³/mol. The number of carbonyl (C=O) groups excluding carboxylic acids is 1. The van der Waals surface area contributed by atoms with Crippen LogP contribution in [0.2, 0.25) is 0 Å². The summed E-state index contributed by atoms with van der Waals surface area (Å²) in [5.74, 6) is 0.243. The Bertz CT molecular complexity index is 136. The molecule has 3 heteroatoms. The van der Waals surface area contributed by atoms with Crippen molar-refractivity contribution in [1.82, 2.24) is 0 Å². The number of methoxy groups -OCH3 is 1. The van der Waals surface area contributed by atoms with Crippen LogP contribution in [0, 0.1) is 5.92 Å². The van der Waals surface area contributed by atoms with Crippen LogP contribution in [0.5, 0.6) is 0 Å². The summed E-state index contributed by atoms with van der Waals surface area (Å²) in [6.07, 6.45) is 2.63. The van der Waals surface area contributed by atoms with E-state index in [4.69, 9.17) is 5.73 Å². The highest BCUT2D eigenvalue weighted by molar-refractivity contribution is 5.69. The Balaban J connectivity index is 2.19. The third kappa shape index (κ3) is 1.48. The Hall–Kier alpha value is -0.570. The first-order valence-corrected chi connectivity index (χ1v) is 3.56. The first-order valence-electron chi connectivity index (χ1n) is 3.56. The van der Waals surface area contributed by atoms with E-state index in [-0.39, 0.29) is 12.0 Å². The van der Waals surface area contributed by atoms with Crippen LogP contribution in [0.4, 0.5) is 0 Å². The number of hydrogen-bond donors (Lipinski definition) is 1. The molecule has 0 spiro atoms. The number of esters is 1. The fourth-order valence-electron chi connectivity index (χ4n) is 1.15. The van der Waals surface area contributed by atoms with E-state index in [1.165, 1.54) is 7.11 Å². The van der Waals surface area contributed by atoms with Crippen molar-refractivity contribution in [1.29, 1.82) is 0 Å². The summed E-state index contributed by atoms with van der Waals surface area (Å²) >= 11 is 0. The monoisotopic (exact) mass is 143 g/mol. The van der Waals surface area contributed by atoms with Crippen LogP contribution in [0.15, 0.2) is 0 Å². The molecule has 0 amide bonds. The molecule has 0 radical (unpaired) electrons. The van der Waals surface area contributed by atoms with Gasteiger partial charge < -0.3 is 10.5 Å². The van der Waals surface area contributed by atoms with Crippen molar-refractivity contribution in [2.24, 2.45) is 11.7 Å². The second-order valence-electron chi connectivity index (χ2n) is 2.78. The highest BCUT2D eigenvalue weighted by Gasteiger charge is 2.29. The molecular weight excluding hydrogens is 130 g/mol. The largest absolute Gasteiger partial charge is 0.469 e. The van der Waals surface area contributed by atoms with E-state index >= 15 is 0 Å². The Morgan fingerprint density at radius 2 is 2.40 bits per heavy atom. The number of nitrogens with two attached hydrogens (primary N) is 1. The number of rotatable bonds is 2. The zero-order valence-corrected chi connectivity index (χ0v) is 6.17. The van der Waals surface area contributed by atoms with Gasteiger partial charge in [0.1, 0.15) is 0 Å². The first kappa shape index (κ1) is 7.54. The molecule has 2 atom stereocenters. The lowest BCUT2D eigenvalue weighted by Gasteiger charge is -2.32. The minimum absolute atomic E-state index is 0.139. The summed E-state index contributed by atoms with van der Waals surface area (Å²) in [5, 5.41) is 0. The van der Waals surface area contributed by atoms with Gasteiger partial charge in [0.25, 0.3) is 0 Å². The van der Waals surface area contributed by atoms with Crippen molar-refractivity contribution < 1.29 is 9.53 Å². The molecule has 58 valence electrons. The maximum Gasteiger partial charge on any atom is 0.305 e. The molecule has 0 saturated heterocycles. The summed E-state index contributed by atoms with van der Waals surface area (Å²) < 4.78 is 4.51. The topological polar surface area (TPSA) is 52.3 Å². The molecule has 0 aliphatic heterocycles. The van der Waals surface area contributed by atoms with E-state index < -0.39 is 0 Å². The Labute approximate surface area is 60.5 Å². The third-order valence-electron chi connectivity index (χ3n) is 2.13. The van der Waals surface area contributed by atoms with Gasteiger partial charge in [0.2, 0.25) is 0 Å². The van der Waals surface area contributed by atoms with E-state index in [9.17, 15) is 4.79 Å². The first-order chi connectivity index (χ1) is 4.74. The van der Waals surface area contributed by atoms with Crippen molar-refractivity contribution in [2.75, 3.05) is 7.11 Å². The van der Waals surface area contributed by atoms with Crippen molar-refractivity contribution in [2.45, 2.75) is 25.3 Å². The van der Waals surface area contributed by atoms with Crippen LogP contribution in [-0.4, -0.2) is 19.1 Å². The van der Waals surface area contributed by atoms with Gasteiger partial charge in [-0.3, -0.25) is 4.79 Å². The van der Waals surface area contributed by atoms with Gasteiger partial charge in [0, 0.05) is 12.5 Å². The SMILES string of the molecule is COC(=O)C[C@H]1CC[C@H]1N. The highest BCUT2D eigenvalue weighted by Crippen LogP contribution is 2.28. The van der Waals surface area contributed by atoms with Gasteiger partial charge in [0.05, 0.1) is 7.11 Å². The molecule has 2 N–H and O–H groups in total. The minimum Gasteiger partial charge on any atom is -0.469 e. The van der Waals surface area contributed by atoms with Gasteiger partial charge in [-0.15, -0.1) is 0 Å². The summed E-state index contributed by atoms with van der Waals surface area (Å²) in [7, 11) is 1.41. The summed E-state index contributed by atoms with van der Waals surface area (Å²) in [4.78, 5) is 10.7. The standard InChI is InChI=1S/C7H13NO2/c1-10-7(9)4-5-2-3-6(5)8/h5-6H,2-4,8H2,1H3/t5-,6-/m1/s1. The van der Waals surface area contributed by atoms with Crippen molar-refractivity contribution >= 4 is 5.97 Å². The second-order valence-corrected chi connectivity index (χ2v) is 2.78. The molecule has 1 rings (SSSR count). The van der Waals surface area contributed by atoms with Gasteiger partial charge in [-0.25, -0.2) is 0 Å². The molecule has 3 nitrogen and oxygen atoms in total. The van der Waals surface area contributed by atoms with Gasteiger partial charge in [0.15, 0.2) is 0 Å². The zero-order chi connectivity index (χ0) is 7.56. The summed E-state index contributed by atoms with van der Waals surface area (Å²) in [6, 6.07) is 0.235. The van der Waals surface area contributed by atoms with E-state index in [0.717, 1.165) is 12.8 Å². The summed E-state index contributed by atoms with van der Waals surface area (Å²) in [6.45, 7) is 0. The van der Waals surface area contributed by atoms with Gasteiger partial charge in [-0.1, -0.05) is 0 Å². The van der Waals surface area contributed by atoms with E-state index in [1.54, 1.807) is 0 Å². The van der Waals surface area contributed by atoms with Crippen LogP contribution in [0.1, 0.15) is 19.3 Å². The number of carbonyl (C=O) groups is 1. The van der Waals surface area contributed by atoms with Gasteiger partial charge in [-0.2, -0.15) is 0 Å². The molecule has 1 aliphatic carbocycles. The lowest BCUT2D eigenvalue weighted by atomic mass is 9.78. The average molecular weight is 143 g/mol. The molecule has 0 aromatic heterocycles. The van der Waals surface area contributed by atoms with E-state index in [2.05, 4.69) is 4.74 Å². The van der Waals surface area contributed by atoms with E-state index in [1.807, 2.05) is 0 Å². The summed E-state index contributed by atoms with van der Waals surface area (Å²) in [5.41, 5.74) is 5.62. The maximum absolute atomic E-state index is 10.7. The van der Waals surface area contributed by atoms with Gasteiger partial charge in [-0.05, 0) is 18.8 Å². The molecule has 1 saturated carbocycles. The third-order valence-corrected chi connectivity index (χ3v) is 2.13. The Morgan fingerprint density at radius 1 is 1.70 bits per heavy atom. The van der Waals surface area contributed by atoms with Crippen LogP contribution >= 0.6 is 0 Å². The molecule has 0 bridgehead atoms. The van der Waals surface area contributed by atoms with Crippen molar-refractivity contribution in [3.63, 3.8) is 0 Å². The maximum atomic E-state index is 10.7.